The second-order valence-corrected chi connectivity index (χ2v) is 5.77. The fraction of sp³-hybridized carbons (Fsp3) is 0.562. The van der Waals surface area contributed by atoms with E-state index in [0.29, 0.717) is 5.92 Å². The Hall–Kier alpha value is -1.29. The summed E-state index contributed by atoms with van der Waals surface area (Å²) >= 11 is 0. The summed E-state index contributed by atoms with van der Waals surface area (Å²) in [7, 11) is 0. The van der Waals surface area contributed by atoms with E-state index in [4.69, 9.17) is 0 Å². The van der Waals surface area contributed by atoms with E-state index in [0.717, 1.165) is 32.1 Å². The molecule has 1 nitrogen and oxygen atoms in total. The lowest BCUT2D eigenvalue weighted by Crippen LogP contribution is -2.27. The fourth-order valence-electron chi connectivity index (χ4n) is 2.73. The van der Waals surface area contributed by atoms with Gasteiger partial charge in [-0.15, -0.1) is 0 Å². The number of nitriles is 1. The zero-order chi connectivity index (χ0) is 12.3. The molecule has 17 heavy (non-hydrogen) atoms. The molecule has 0 amide bonds. The van der Waals surface area contributed by atoms with E-state index in [1.165, 1.54) is 11.1 Å². The fourth-order valence-corrected chi connectivity index (χ4v) is 2.73. The van der Waals surface area contributed by atoms with Gasteiger partial charge >= 0.3 is 0 Å². The third-order valence-corrected chi connectivity index (χ3v) is 3.96. The molecule has 1 heteroatoms. The van der Waals surface area contributed by atoms with E-state index < -0.39 is 0 Å². The lowest BCUT2D eigenvalue weighted by Gasteiger charge is -2.32. The van der Waals surface area contributed by atoms with Gasteiger partial charge < -0.3 is 0 Å². The van der Waals surface area contributed by atoms with Crippen LogP contribution >= 0.6 is 0 Å². The number of hydrogen-bond donors (Lipinski definition) is 0. The van der Waals surface area contributed by atoms with Crippen molar-refractivity contribution in [1.29, 1.82) is 5.26 Å². The van der Waals surface area contributed by atoms with E-state index in [2.05, 4.69) is 44.2 Å². The van der Waals surface area contributed by atoms with Gasteiger partial charge in [-0.05, 0) is 49.1 Å². The number of aryl methyl sites for hydroxylation is 1. The lowest BCUT2D eigenvalue weighted by atomic mass is 9.69. The van der Waals surface area contributed by atoms with Crippen molar-refractivity contribution in [1.82, 2.24) is 0 Å². The highest BCUT2D eigenvalue weighted by Crippen LogP contribution is 2.39. The van der Waals surface area contributed by atoms with Gasteiger partial charge in [-0.25, -0.2) is 0 Å². The maximum absolute atomic E-state index is 9.53. The van der Waals surface area contributed by atoms with Crippen LogP contribution in [0, 0.1) is 22.7 Å². The van der Waals surface area contributed by atoms with Crippen LogP contribution in [0.5, 0.6) is 0 Å². The van der Waals surface area contributed by atoms with Crippen molar-refractivity contribution in [3.8, 4) is 6.07 Å². The quantitative estimate of drug-likeness (QED) is 0.762. The lowest BCUT2D eigenvalue weighted by molar-refractivity contribution is 0.290. The summed E-state index contributed by atoms with van der Waals surface area (Å²) in [5.41, 5.74) is 2.74. The van der Waals surface area contributed by atoms with Crippen molar-refractivity contribution in [2.24, 2.45) is 11.3 Å². The van der Waals surface area contributed by atoms with E-state index in [-0.39, 0.29) is 5.41 Å². The first-order valence-corrected chi connectivity index (χ1v) is 6.63. The van der Waals surface area contributed by atoms with Gasteiger partial charge in [0.2, 0.25) is 0 Å². The molecule has 1 unspecified atom stereocenters. The van der Waals surface area contributed by atoms with Gasteiger partial charge in [0, 0.05) is 0 Å². The number of hydrogen-bond acceptors (Lipinski definition) is 1. The third kappa shape index (κ3) is 2.69. The molecule has 0 N–H and O–H groups in total. The maximum atomic E-state index is 9.53. The topological polar surface area (TPSA) is 23.8 Å². The van der Waals surface area contributed by atoms with Crippen LogP contribution < -0.4 is 0 Å². The molecule has 0 aliphatic heterocycles. The molecule has 0 aromatic heterocycles. The third-order valence-electron chi connectivity index (χ3n) is 3.96. The first-order valence-electron chi connectivity index (χ1n) is 6.63. The van der Waals surface area contributed by atoms with Crippen LogP contribution in [0.1, 0.15) is 44.2 Å². The van der Waals surface area contributed by atoms with Crippen LogP contribution in [0.15, 0.2) is 24.3 Å². The minimum Gasteiger partial charge on any atom is -0.198 e. The summed E-state index contributed by atoms with van der Waals surface area (Å²) in [6.07, 6.45) is 5.27. The van der Waals surface area contributed by atoms with Gasteiger partial charge in [0.25, 0.3) is 0 Å². The Kier molecular flexibility index (Phi) is 3.52. The zero-order valence-electron chi connectivity index (χ0n) is 10.9. The Morgan fingerprint density at radius 2 is 2.00 bits per heavy atom. The van der Waals surface area contributed by atoms with E-state index in [1.807, 2.05) is 0 Å². The minimum atomic E-state index is -0.0986. The zero-order valence-corrected chi connectivity index (χ0v) is 10.9. The smallest absolute Gasteiger partial charge is 0.0693 e. The molecule has 1 aliphatic carbocycles. The molecule has 0 saturated heterocycles. The predicted molar refractivity (Wildman–Crippen MR) is 70.6 cm³/mol. The molecule has 0 bridgehead atoms. The Bertz CT molecular complexity index is 427. The normalized spacial score (nSPS) is 23.2. The highest BCUT2D eigenvalue weighted by Gasteiger charge is 2.34. The summed E-state index contributed by atoms with van der Waals surface area (Å²) < 4.78 is 0. The number of rotatable bonds is 3. The molecule has 0 spiro atoms. The largest absolute Gasteiger partial charge is 0.198 e. The molecule has 0 heterocycles. The van der Waals surface area contributed by atoms with Crippen molar-refractivity contribution in [2.75, 3.05) is 0 Å². The van der Waals surface area contributed by atoms with Crippen LogP contribution in [-0.4, -0.2) is 0 Å². The summed E-state index contributed by atoms with van der Waals surface area (Å²) in [6, 6.07) is 11.2. The highest BCUT2D eigenvalue weighted by atomic mass is 14.4. The SMILES string of the molecule is CC(C)CCC1(C#N)CCc2ccccc2C1. The predicted octanol–water partition coefficient (Wildman–Crippen LogP) is 4.12. The number of nitrogens with zero attached hydrogens (tertiary/aromatic N) is 1. The molecular formula is C16H21N. The van der Waals surface area contributed by atoms with Crippen LogP contribution in [0.2, 0.25) is 0 Å². The van der Waals surface area contributed by atoms with Crippen LogP contribution in [0.4, 0.5) is 0 Å². The van der Waals surface area contributed by atoms with Crippen molar-refractivity contribution >= 4 is 0 Å². The van der Waals surface area contributed by atoms with Crippen LogP contribution in [0.25, 0.3) is 0 Å². The molecule has 0 fully saturated rings. The summed E-state index contributed by atoms with van der Waals surface area (Å²) in [4.78, 5) is 0. The van der Waals surface area contributed by atoms with Crippen molar-refractivity contribution in [2.45, 2.75) is 46.0 Å². The van der Waals surface area contributed by atoms with Gasteiger partial charge in [-0.3, -0.25) is 0 Å². The second kappa shape index (κ2) is 4.92. The Labute approximate surface area is 104 Å². The molecular weight excluding hydrogens is 206 g/mol. The van der Waals surface area contributed by atoms with Crippen LogP contribution in [0.3, 0.4) is 0 Å². The first kappa shape index (κ1) is 12.2. The molecule has 90 valence electrons. The Morgan fingerprint density at radius 3 is 2.65 bits per heavy atom. The first-order chi connectivity index (χ1) is 8.15. The molecule has 0 saturated carbocycles. The summed E-state index contributed by atoms with van der Waals surface area (Å²) in [5, 5.41) is 9.53. The summed E-state index contributed by atoms with van der Waals surface area (Å²) in [5.74, 6) is 0.692. The molecule has 2 rings (SSSR count). The van der Waals surface area contributed by atoms with Crippen molar-refractivity contribution in [3.05, 3.63) is 35.4 Å². The molecule has 1 aromatic rings. The average molecular weight is 227 g/mol. The average Bonchev–Trinajstić information content (AvgIpc) is 2.36. The van der Waals surface area contributed by atoms with E-state index in [9.17, 15) is 5.26 Å². The van der Waals surface area contributed by atoms with E-state index >= 15 is 0 Å². The Morgan fingerprint density at radius 1 is 1.29 bits per heavy atom. The van der Waals surface area contributed by atoms with Gasteiger partial charge in [0.05, 0.1) is 11.5 Å². The Balaban J connectivity index is 2.15. The van der Waals surface area contributed by atoms with Gasteiger partial charge in [0.15, 0.2) is 0 Å². The second-order valence-electron chi connectivity index (χ2n) is 5.77. The van der Waals surface area contributed by atoms with Gasteiger partial charge in [-0.2, -0.15) is 5.26 Å². The van der Waals surface area contributed by atoms with Crippen LogP contribution in [-0.2, 0) is 12.8 Å². The minimum absolute atomic E-state index is 0.0986. The molecule has 0 radical (unpaired) electrons. The highest BCUT2D eigenvalue weighted by molar-refractivity contribution is 5.32. The number of benzene rings is 1. The molecule has 1 atom stereocenters. The molecule has 1 aliphatic rings. The number of fused-ring (bicyclic) bond motifs is 1. The summed E-state index contributed by atoms with van der Waals surface area (Å²) in [6.45, 7) is 4.48. The maximum Gasteiger partial charge on any atom is 0.0693 e. The van der Waals surface area contributed by atoms with Crippen molar-refractivity contribution in [3.63, 3.8) is 0 Å². The molecule has 1 aromatic carbocycles. The standard InChI is InChI=1S/C16H21N/c1-13(2)7-9-16(12-17)10-8-14-5-3-4-6-15(14)11-16/h3-6,13H,7-11H2,1-2H3. The van der Waals surface area contributed by atoms with E-state index in [1.54, 1.807) is 0 Å². The monoisotopic (exact) mass is 227 g/mol. The van der Waals surface area contributed by atoms with Gasteiger partial charge in [-0.1, -0.05) is 38.1 Å². The van der Waals surface area contributed by atoms with Crippen molar-refractivity contribution < 1.29 is 0 Å². The van der Waals surface area contributed by atoms with Gasteiger partial charge in [0.1, 0.15) is 0 Å².